The van der Waals surface area contributed by atoms with Crippen LogP contribution in [-0.2, 0) is 0 Å². The summed E-state index contributed by atoms with van der Waals surface area (Å²) in [5.41, 5.74) is -0.301. The summed E-state index contributed by atoms with van der Waals surface area (Å²) in [7, 11) is 0. The molecule has 4 nitrogen and oxygen atoms in total. The molecule has 0 aliphatic carbocycles. The van der Waals surface area contributed by atoms with Gasteiger partial charge in [0.2, 0.25) is 0 Å². The molecule has 0 aromatic heterocycles. The Balaban J connectivity index is 2.95. The topological polar surface area (TPSA) is 63.4 Å². The lowest BCUT2D eigenvalue weighted by Crippen LogP contribution is -1.94. The molecule has 16 heavy (non-hydrogen) atoms. The molecule has 0 spiro atoms. The van der Waals surface area contributed by atoms with Crippen molar-refractivity contribution in [2.75, 3.05) is 12.4 Å². The lowest BCUT2D eigenvalue weighted by Gasteiger charge is -2.03. The Labute approximate surface area is 101 Å². The number of benzene rings is 1. The molecule has 0 aliphatic rings. The second-order valence-corrected chi connectivity index (χ2v) is 4.46. The van der Waals surface area contributed by atoms with Gasteiger partial charge in [0, 0.05) is 12.4 Å². The van der Waals surface area contributed by atoms with Crippen LogP contribution in [0.2, 0.25) is 5.02 Å². The Morgan fingerprint density at radius 3 is 2.81 bits per heavy atom. The molecule has 1 aromatic carbocycles. The fraction of sp³-hybridized carbons (Fsp3) is 0.333. The highest BCUT2D eigenvalue weighted by atomic mass is 35.5. The lowest BCUT2D eigenvalue weighted by atomic mass is 10.3. The summed E-state index contributed by atoms with van der Waals surface area (Å²) in [5, 5.41) is 19.1. The average Bonchev–Trinajstić information content (AvgIpc) is 2.23. The lowest BCUT2D eigenvalue weighted by molar-refractivity contribution is -0.387. The highest BCUT2D eigenvalue weighted by molar-refractivity contribution is 7.99. The second kappa shape index (κ2) is 6.03. The second-order valence-electron chi connectivity index (χ2n) is 2.92. The molecule has 7 heteroatoms. The fourth-order valence-electron chi connectivity index (χ4n) is 1.02. The highest BCUT2D eigenvalue weighted by Crippen LogP contribution is 2.33. The first-order chi connectivity index (χ1) is 7.56. The molecule has 0 heterocycles. The van der Waals surface area contributed by atoms with Crippen molar-refractivity contribution in [1.29, 1.82) is 0 Å². The minimum atomic E-state index is -0.806. The van der Waals surface area contributed by atoms with Crippen LogP contribution in [0, 0.1) is 15.9 Å². The first kappa shape index (κ1) is 13.2. The molecule has 0 bridgehead atoms. The van der Waals surface area contributed by atoms with Gasteiger partial charge >= 0.3 is 0 Å². The molecule has 0 fully saturated rings. The zero-order valence-corrected chi connectivity index (χ0v) is 9.72. The van der Waals surface area contributed by atoms with Gasteiger partial charge in [-0.05, 0) is 12.5 Å². The molecule has 0 aliphatic heterocycles. The number of aliphatic hydroxyl groups is 1. The van der Waals surface area contributed by atoms with Crippen LogP contribution in [0.25, 0.3) is 0 Å². The maximum atomic E-state index is 13.0. The van der Waals surface area contributed by atoms with Crippen molar-refractivity contribution < 1.29 is 14.4 Å². The molecular formula is C9H9ClFNO3S. The van der Waals surface area contributed by atoms with E-state index in [1.165, 1.54) is 17.8 Å². The van der Waals surface area contributed by atoms with Crippen LogP contribution in [0.3, 0.4) is 0 Å². The summed E-state index contributed by atoms with van der Waals surface area (Å²) in [4.78, 5) is 10.3. The minimum absolute atomic E-state index is 0.00965. The van der Waals surface area contributed by atoms with E-state index in [1.807, 2.05) is 0 Å². The SMILES string of the molecule is O=[N+]([O-])c1cc(F)c(Cl)cc1SCCCO. The summed E-state index contributed by atoms with van der Waals surface area (Å²) in [5.74, 6) is -0.292. The van der Waals surface area contributed by atoms with Gasteiger partial charge < -0.3 is 5.11 Å². The van der Waals surface area contributed by atoms with Crippen molar-refractivity contribution in [3.63, 3.8) is 0 Å². The van der Waals surface area contributed by atoms with Gasteiger partial charge in [-0.15, -0.1) is 11.8 Å². The van der Waals surface area contributed by atoms with Gasteiger partial charge in [0.15, 0.2) is 0 Å². The summed E-state index contributed by atoms with van der Waals surface area (Å²) in [6.07, 6.45) is 0.511. The van der Waals surface area contributed by atoms with Crippen LogP contribution in [0.5, 0.6) is 0 Å². The normalized spacial score (nSPS) is 10.4. The molecular weight excluding hydrogens is 257 g/mol. The van der Waals surface area contributed by atoms with Gasteiger partial charge in [-0.1, -0.05) is 11.6 Å². The van der Waals surface area contributed by atoms with E-state index in [0.29, 0.717) is 17.1 Å². The number of aliphatic hydroxyl groups excluding tert-OH is 1. The summed E-state index contributed by atoms with van der Waals surface area (Å²) in [6.45, 7) is 0.00965. The zero-order chi connectivity index (χ0) is 12.1. The van der Waals surface area contributed by atoms with Gasteiger partial charge in [-0.25, -0.2) is 4.39 Å². The van der Waals surface area contributed by atoms with E-state index < -0.39 is 10.7 Å². The third-order valence-corrected chi connectivity index (χ3v) is 3.18. The van der Waals surface area contributed by atoms with Crippen LogP contribution < -0.4 is 0 Å². The van der Waals surface area contributed by atoms with E-state index in [0.717, 1.165) is 6.07 Å². The first-order valence-corrected chi connectivity index (χ1v) is 5.79. The van der Waals surface area contributed by atoms with Gasteiger partial charge in [0.05, 0.1) is 20.9 Å². The van der Waals surface area contributed by atoms with Crippen molar-refractivity contribution in [2.45, 2.75) is 11.3 Å². The van der Waals surface area contributed by atoms with Crippen molar-refractivity contribution in [3.05, 3.63) is 33.1 Å². The van der Waals surface area contributed by atoms with Crippen molar-refractivity contribution >= 4 is 29.1 Å². The Morgan fingerprint density at radius 2 is 2.25 bits per heavy atom. The minimum Gasteiger partial charge on any atom is -0.396 e. The smallest absolute Gasteiger partial charge is 0.285 e. The number of halogens is 2. The Hall–Kier alpha value is -0.850. The van der Waals surface area contributed by atoms with Gasteiger partial charge in [-0.3, -0.25) is 10.1 Å². The molecule has 0 atom stereocenters. The van der Waals surface area contributed by atoms with Gasteiger partial charge in [0.25, 0.3) is 5.69 Å². The van der Waals surface area contributed by atoms with E-state index in [1.54, 1.807) is 0 Å². The van der Waals surface area contributed by atoms with Crippen LogP contribution in [-0.4, -0.2) is 22.4 Å². The molecule has 1 aromatic rings. The number of hydrogen-bond donors (Lipinski definition) is 1. The standard InChI is InChI=1S/C9H9ClFNO3S/c10-6-4-9(16-3-1-2-13)8(12(14)15)5-7(6)11/h4-5,13H,1-3H2. The molecule has 1 rings (SSSR count). The maximum absolute atomic E-state index is 13.0. The Morgan fingerprint density at radius 1 is 1.56 bits per heavy atom. The number of nitro groups is 1. The third kappa shape index (κ3) is 3.33. The van der Waals surface area contributed by atoms with E-state index in [4.69, 9.17) is 16.7 Å². The predicted octanol–water partition coefficient (Wildman–Crippen LogP) is 2.86. The molecule has 0 radical (unpaired) electrons. The average molecular weight is 266 g/mol. The number of thioether (sulfide) groups is 1. The van der Waals surface area contributed by atoms with Crippen LogP contribution in [0.1, 0.15) is 6.42 Å². The van der Waals surface area contributed by atoms with E-state index >= 15 is 0 Å². The Kier molecular flexibility index (Phi) is 4.98. The van der Waals surface area contributed by atoms with Crippen LogP contribution in [0.15, 0.2) is 17.0 Å². The van der Waals surface area contributed by atoms with E-state index in [2.05, 4.69) is 0 Å². The summed E-state index contributed by atoms with van der Waals surface area (Å²) >= 11 is 6.71. The molecule has 1 N–H and O–H groups in total. The monoisotopic (exact) mass is 265 g/mol. The van der Waals surface area contributed by atoms with Crippen LogP contribution >= 0.6 is 23.4 Å². The maximum Gasteiger partial charge on any atom is 0.285 e. The number of nitro benzene ring substituents is 1. The molecule has 0 amide bonds. The fourth-order valence-corrected chi connectivity index (χ4v) is 2.23. The largest absolute Gasteiger partial charge is 0.396 e. The van der Waals surface area contributed by atoms with Crippen molar-refractivity contribution in [2.24, 2.45) is 0 Å². The predicted molar refractivity (Wildman–Crippen MR) is 60.5 cm³/mol. The third-order valence-electron chi connectivity index (χ3n) is 1.76. The van der Waals surface area contributed by atoms with Gasteiger partial charge in [-0.2, -0.15) is 0 Å². The molecule has 0 saturated heterocycles. The molecule has 88 valence electrons. The Bertz CT molecular complexity index is 403. The molecule has 0 saturated carbocycles. The summed E-state index contributed by atoms with van der Waals surface area (Å²) < 4.78 is 13.0. The molecule has 0 unspecified atom stereocenters. The number of rotatable bonds is 5. The van der Waals surface area contributed by atoms with Gasteiger partial charge in [0.1, 0.15) is 5.82 Å². The van der Waals surface area contributed by atoms with E-state index in [9.17, 15) is 14.5 Å². The first-order valence-electron chi connectivity index (χ1n) is 4.43. The van der Waals surface area contributed by atoms with Crippen molar-refractivity contribution in [1.82, 2.24) is 0 Å². The van der Waals surface area contributed by atoms with Crippen molar-refractivity contribution in [3.8, 4) is 0 Å². The summed E-state index contributed by atoms with van der Waals surface area (Å²) in [6, 6.07) is 2.04. The van der Waals surface area contributed by atoms with E-state index in [-0.39, 0.29) is 17.3 Å². The quantitative estimate of drug-likeness (QED) is 0.385. The van der Waals surface area contributed by atoms with Crippen LogP contribution in [0.4, 0.5) is 10.1 Å². The highest BCUT2D eigenvalue weighted by Gasteiger charge is 2.17. The zero-order valence-electron chi connectivity index (χ0n) is 8.15. The number of hydrogen-bond acceptors (Lipinski definition) is 4. The number of nitrogens with zero attached hydrogens (tertiary/aromatic N) is 1.